The summed E-state index contributed by atoms with van der Waals surface area (Å²) < 4.78 is 1.65. The molecule has 2 aromatic heterocycles. The first-order valence-corrected chi connectivity index (χ1v) is 6.44. The summed E-state index contributed by atoms with van der Waals surface area (Å²) in [4.78, 5) is 15.4. The van der Waals surface area contributed by atoms with Gasteiger partial charge in [0.15, 0.2) is 5.82 Å². The van der Waals surface area contributed by atoms with E-state index in [9.17, 15) is 4.79 Å². The van der Waals surface area contributed by atoms with Crippen LogP contribution < -0.4 is 5.32 Å². The molecule has 0 aliphatic rings. The molecule has 20 heavy (non-hydrogen) atoms. The van der Waals surface area contributed by atoms with Gasteiger partial charge in [-0.3, -0.25) is 9.48 Å². The minimum atomic E-state index is -0.183. The first kappa shape index (κ1) is 12.5. The fraction of sp³-hybridized carbons (Fsp3) is 0.200. The third kappa shape index (κ3) is 2.18. The van der Waals surface area contributed by atoms with Crippen LogP contribution in [0.25, 0.3) is 10.9 Å². The van der Waals surface area contributed by atoms with E-state index in [0.29, 0.717) is 11.5 Å². The van der Waals surface area contributed by atoms with Crippen LogP contribution in [-0.2, 0) is 7.05 Å². The summed E-state index contributed by atoms with van der Waals surface area (Å²) in [6, 6.07) is 7.79. The Morgan fingerprint density at radius 2 is 2.10 bits per heavy atom. The van der Waals surface area contributed by atoms with Crippen LogP contribution >= 0.6 is 0 Å². The second kappa shape index (κ2) is 4.52. The van der Waals surface area contributed by atoms with Crippen LogP contribution in [0.5, 0.6) is 0 Å². The van der Waals surface area contributed by atoms with Crippen molar-refractivity contribution in [2.75, 3.05) is 5.32 Å². The van der Waals surface area contributed by atoms with Crippen LogP contribution in [0.2, 0.25) is 0 Å². The number of benzene rings is 1. The molecule has 0 aliphatic carbocycles. The van der Waals surface area contributed by atoms with Crippen molar-refractivity contribution in [2.24, 2.45) is 7.05 Å². The normalized spacial score (nSPS) is 10.9. The van der Waals surface area contributed by atoms with Crippen LogP contribution in [0.3, 0.4) is 0 Å². The number of hydrogen-bond donors (Lipinski definition) is 2. The lowest BCUT2D eigenvalue weighted by molar-refractivity contribution is 0.102. The minimum Gasteiger partial charge on any atom is -0.351 e. The number of aryl methyl sites for hydroxylation is 3. The number of fused-ring (bicyclic) bond motifs is 1. The number of H-pyrrole nitrogens is 1. The van der Waals surface area contributed by atoms with Gasteiger partial charge in [0.2, 0.25) is 0 Å². The lowest BCUT2D eigenvalue weighted by atomic mass is 10.1. The summed E-state index contributed by atoms with van der Waals surface area (Å²) in [5.74, 6) is 0.362. The predicted octanol–water partition coefficient (Wildman–Crippen LogP) is 2.77. The van der Waals surface area contributed by atoms with E-state index in [4.69, 9.17) is 0 Å². The van der Waals surface area contributed by atoms with Gasteiger partial charge in [-0.25, -0.2) is 0 Å². The molecule has 0 unspecified atom stereocenters. The highest BCUT2D eigenvalue weighted by Gasteiger charge is 2.12. The average Bonchev–Trinajstić information content (AvgIpc) is 2.95. The van der Waals surface area contributed by atoms with Crippen molar-refractivity contribution in [3.63, 3.8) is 0 Å². The Morgan fingerprint density at radius 1 is 1.30 bits per heavy atom. The molecular weight excluding hydrogens is 252 g/mol. The van der Waals surface area contributed by atoms with Crippen molar-refractivity contribution in [3.05, 3.63) is 47.3 Å². The topological polar surface area (TPSA) is 62.7 Å². The van der Waals surface area contributed by atoms with E-state index in [0.717, 1.165) is 16.5 Å². The number of aromatic amines is 1. The van der Waals surface area contributed by atoms with Crippen molar-refractivity contribution in [3.8, 4) is 0 Å². The Hall–Kier alpha value is -2.56. The van der Waals surface area contributed by atoms with Gasteiger partial charge in [-0.05, 0) is 37.1 Å². The average molecular weight is 268 g/mol. The minimum absolute atomic E-state index is 0.183. The SMILES string of the molecule is Cc1cc(C)c2cc(C(=O)Nc3ccn(C)n3)[nH]c2c1. The number of anilines is 1. The van der Waals surface area contributed by atoms with E-state index in [-0.39, 0.29) is 5.91 Å². The molecule has 2 N–H and O–H groups in total. The summed E-state index contributed by atoms with van der Waals surface area (Å²) in [6.07, 6.45) is 1.79. The number of nitrogens with zero attached hydrogens (tertiary/aromatic N) is 2. The van der Waals surface area contributed by atoms with Gasteiger partial charge in [-0.2, -0.15) is 5.10 Å². The summed E-state index contributed by atoms with van der Waals surface area (Å²) in [5, 5.41) is 7.98. The van der Waals surface area contributed by atoms with E-state index >= 15 is 0 Å². The molecule has 102 valence electrons. The number of amides is 1. The zero-order chi connectivity index (χ0) is 14.3. The standard InChI is InChI=1S/C15H16N4O/c1-9-6-10(2)11-8-13(16-12(11)7-9)15(20)17-14-4-5-19(3)18-14/h4-8,16H,1-3H3,(H,17,18,20). The lowest BCUT2D eigenvalue weighted by Gasteiger charge is -1.98. The van der Waals surface area contributed by atoms with E-state index < -0.39 is 0 Å². The summed E-state index contributed by atoms with van der Waals surface area (Å²) in [7, 11) is 1.81. The zero-order valence-corrected chi connectivity index (χ0v) is 11.7. The van der Waals surface area contributed by atoms with Gasteiger partial charge in [0.05, 0.1) is 0 Å². The number of nitrogens with one attached hydrogen (secondary N) is 2. The number of carbonyl (C=O) groups is 1. The highest BCUT2D eigenvalue weighted by Crippen LogP contribution is 2.21. The third-order valence-electron chi connectivity index (χ3n) is 3.29. The molecule has 0 saturated carbocycles. The van der Waals surface area contributed by atoms with Gasteiger partial charge in [0, 0.05) is 30.2 Å². The van der Waals surface area contributed by atoms with Crippen molar-refractivity contribution in [1.29, 1.82) is 0 Å². The molecule has 3 rings (SSSR count). The monoisotopic (exact) mass is 268 g/mol. The molecule has 2 heterocycles. The quantitative estimate of drug-likeness (QED) is 0.750. The number of aromatic nitrogens is 3. The number of hydrogen-bond acceptors (Lipinski definition) is 2. The first-order chi connectivity index (χ1) is 9.52. The largest absolute Gasteiger partial charge is 0.351 e. The summed E-state index contributed by atoms with van der Waals surface area (Å²) in [5.41, 5.74) is 3.86. The molecule has 0 saturated heterocycles. The van der Waals surface area contributed by atoms with E-state index in [2.05, 4.69) is 21.5 Å². The molecule has 0 aliphatic heterocycles. The molecular formula is C15H16N4O. The second-order valence-corrected chi connectivity index (χ2v) is 5.05. The van der Waals surface area contributed by atoms with Crippen LogP contribution in [0, 0.1) is 13.8 Å². The zero-order valence-electron chi connectivity index (χ0n) is 11.7. The van der Waals surface area contributed by atoms with E-state index in [1.807, 2.05) is 33.0 Å². The Bertz CT molecular complexity index is 797. The Morgan fingerprint density at radius 3 is 2.80 bits per heavy atom. The van der Waals surface area contributed by atoms with Gasteiger partial charge in [-0.1, -0.05) is 6.07 Å². The van der Waals surface area contributed by atoms with E-state index in [1.165, 1.54) is 5.56 Å². The van der Waals surface area contributed by atoms with Crippen LogP contribution in [0.15, 0.2) is 30.5 Å². The fourth-order valence-corrected chi connectivity index (χ4v) is 2.39. The molecule has 0 atom stereocenters. The number of carbonyl (C=O) groups excluding carboxylic acids is 1. The van der Waals surface area contributed by atoms with Crippen LogP contribution in [-0.4, -0.2) is 20.7 Å². The van der Waals surface area contributed by atoms with Gasteiger partial charge >= 0.3 is 0 Å². The summed E-state index contributed by atoms with van der Waals surface area (Å²) in [6.45, 7) is 4.09. The maximum absolute atomic E-state index is 12.2. The summed E-state index contributed by atoms with van der Waals surface area (Å²) >= 11 is 0. The molecule has 0 bridgehead atoms. The Balaban J connectivity index is 1.94. The second-order valence-electron chi connectivity index (χ2n) is 5.05. The highest BCUT2D eigenvalue weighted by atomic mass is 16.2. The van der Waals surface area contributed by atoms with Gasteiger partial charge in [0.1, 0.15) is 5.69 Å². The van der Waals surface area contributed by atoms with Crippen molar-refractivity contribution in [2.45, 2.75) is 13.8 Å². The number of rotatable bonds is 2. The smallest absolute Gasteiger partial charge is 0.273 e. The van der Waals surface area contributed by atoms with Crippen molar-refractivity contribution < 1.29 is 4.79 Å². The lowest BCUT2D eigenvalue weighted by Crippen LogP contribution is -2.12. The fourth-order valence-electron chi connectivity index (χ4n) is 2.39. The molecule has 0 spiro atoms. The van der Waals surface area contributed by atoms with E-state index in [1.54, 1.807) is 16.9 Å². The molecule has 3 aromatic rings. The molecule has 5 heteroatoms. The van der Waals surface area contributed by atoms with Crippen molar-refractivity contribution >= 4 is 22.6 Å². The van der Waals surface area contributed by atoms with Crippen LogP contribution in [0.1, 0.15) is 21.6 Å². The maximum Gasteiger partial charge on any atom is 0.273 e. The van der Waals surface area contributed by atoms with Crippen molar-refractivity contribution in [1.82, 2.24) is 14.8 Å². The highest BCUT2D eigenvalue weighted by molar-refractivity contribution is 6.05. The van der Waals surface area contributed by atoms with Gasteiger partial charge < -0.3 is 10.3 Å². The van der Waals surface area contributed by atoms with Gasteiger partial charge in [0.25, 0.3) is 5.91 Å². The first-order valence-electron chi connectivity index (χ1n) is 6.44. The Kier molecular flexibility index (Phi) is 2.82. The maximum atomic E-state index is 12.2. The Labute approximate surface area is 116 Å². The van der Waals surface area contributed by atoms with Crippen LogP contribution in [0.4, 0.5) is 5.82 Å². The molecule has 1 aromatic carbocycles. The molecule has 1 amide bonds. The molecule has 0 fully saturated rings. The molecule has 0 radical (unpaired) electrons. The third-order valence-corrected chi connectivity index (χ3v) is 3.29. The van der Waals surface area contributed by atoms with Gasteiger partial charge in [-0.15, -0.1) is 0 Å². The predicted molar refractivity (Wildman–Crippen MR) is 78.9 cm³/mol. The molecule has 5 nitrogen and oxygen atoms in total.